The number of hydrogen-bond donors (Lipinski definition) is 0. The molecule has 0 bridgehead atoms. The maximum atomic E-state index is 12.3. The number of hydrogen-bond acceptors (Lipinski definition) is 7. The van der Waals surface area contributed by atoms with Crippen LogP contribution in [0.4, 0.5) is 5.69 Å². The first kappa shape index (κ1) is 21.1. The van der Waals surface area contributed by atoms with Crippen LogP contribution >= 0.6 is 0 Å². The highest BCUT2D eigenvalue weighted by Gasteiger charge is 2.33. The van der Waals surface area contributed by atoms with E-state index in [-0.39, 0.29) is 17.5 Å². The molecule has 0 aliphatic carbocycles. The van der Waals surface area contributed by atoms with Gasteiger partial charge in [-0.2, -0.15) is 5.01 Å². The number of pyridine rings is 1. The molecule has 0 fully saturated rings. The van der Waals surface area contributed by atoms with Crippen LogP contribution in [0.15, 0.2) is 90.2 Å². The van der Waals surface area contributed by atoms with Crippen molar-refractivity contribution >= 4 is 28.3 Å². The molecule has 1 atom stereocenters. The lowest BCUT2D eigenvalue weighted by Crippen LogP contribution is -2.25. The first-order valence-corrected chi connectivity index (χ1v) is 10.4. The summed E-state index contributed by atoms with van der Waals surface area (Å²) in [6, 6.07) is 23.5. The minimum Gasteiger partial charge on any atom is -0.446 e. The van der Waals surface area contributed by atoms with Gasteiger partial charge in [0.15, 0.2) is 0 Å². The predicted molar refractivity (Wildman–Crippen MR) is 124 cm³/mol. The van der Waals surface area contributed by atoms with E-state index in [9.17, 15) is 14.9 Å². The van der Waals surface area contributed by atoms with E-state index in [1.165, 1.54) is 24.1 Å². The zero-order chi connectivity index (χ0) is 23.7. The number of aromatic nitrogens is 1. The summed E-state index contributed by atoms with van der Waals surface area (Å²) in [6.07, 6.45) is 0.414. The van der Waals surface area contributed by atoms with Crippen LogP contribution in [0.2, 0.25) is 0 Å². The van der Waals surface area contributed by atoms with Gasteiger partial charge >= 0.3 is 0 Å². The van der Waals surface area contributed by atoms with Crippen molar-refractivity contribution in [1.29, 1.82) is 0 Å². The summed E-state index contributed by atoms with van der Waals surface area (Å²) in [5.41, 5.74) is 1.36. The van der Waals surface area contributed by atoms with Gasteiger partial charge in [0, 0.05) is 30.2 Å². The molecule has 1 aromatic heterocycles. The average molecular weight is 454 g/mol. The fraction of sp³-hybridized carbons (Fsp3) is 0.0800. The summed E-state index contributed by atoms with van der Waals surface area (Å²) < 4.78 is 11.7. The first-order chi connectivity index (χ1) is 16.5. The molecule has 1 aliphatic heterocycles. The van der Waals surface area contributed by atoms with Crippen LogP contribution in [0.25, 0.3) is 10.8 Å². The quantitative estimate of drug-likeness (QED) is 0.304. The fourth-order valence-electron chi connectivity index (χ4n) is 3.58. The van der Waals surface area contributed by atoms with Crippen LogP contribution < -0.4 is 4.74 Å². The third-order valence-electron chi connectivity index (χ3n) is 5.28. The minimum absolute atomic E-state index is 0.118. The van der Waals surface area contributed by atoms with Gasteiger partial charge in [-0.05, 0) is 47.2 Å². The van der Waals surface area contributed by atoms with E-state index in [0.29, 0.717) is 17.2 Å². The van der Waals surface area contributed by atoms with E-state index >= 15 is 0 Å². The smallest absolute Gasteiger partial charge is 0.287 e. The summed E-state index contributed by atoms with van der Waals surface area (Å²) >= 11 is 0. The van der Waals surface area contributed by atoms with Gasteiger partial charge in [0.1, 0.15) is 11.9 Å². The lowest BCUT2D eigenvalue weighted by Gasteiger charge is -2.19. The topological polar surface area (TPSA) is 107 Å². The van der Waals surface area contributed by atoms with Crippen LogP contribution in [0.1, 0.15) is 24.3 Å². The van der Waals surface area contributed by atoms with Crippen molar-refractivity contribution in [2.24, 2.45) is 5.10 Å². The number of carbonyl (C=O) groups is 1. The molecule has 9 heteroatoms. The molecule has 0 saturated heterocycles. The molecule has 0 saturated carbocycles. The Bertz CT molecular complexity index is 1420. The Morgan fingerprint density at radius 3 is 2.47 bits per heavy atom. The second kappa shape index (κ2) is 8.62. The highest BCUT2D eigenvalue weighted by atomic mass is 16.6. The van der Waals surface area contributed by atoms with E-state index in [4.69, 9.17) is 9.47 Å². The van der Waals surface area contributed by atoms with Gasteiger partial charge in [-0.3, -0.25) is 14.9 Å². The van der Waals surface area contributed by atoms with Gasteiger partial charge < -0.3 is 9.47 Å². The summed E-state index contributed by atoms with van der Waals surface area (Å²) in [5.74, 6) is 0.813. The Morgan fingerprint density at radius 1 is 1.03 bits per heavy atom. The van der Waals surface area contributed by atoms with Gasteiger partial charge in [-0.25, -0.2) is 4.98 Å². The second-order valence-electron chi connectivity index (χ2n) is 7.58. The lowest BCUT2D eigenvalue weighted by molar-refractivity contribution is -0.385. The van der Waals surface area contributed by atoms with E-state index in [1.807, 2.05) is 42.5 Å². The standard InChI is InChI=1S/C25H18N4O5/c1-16(30)28-25(34-24(27-28)20-7-6-17-4-2-3-5-19(17)14-20)18-8-11-22(12-9-18)33-23-13-10-21(15-26-23)29(31)32/h2-15,25H,1H3/t25-/m1/s1. The second-order valence-corrected chi connectivity index (χ2v) is 7.58. The van der Waals surface area contributed by atoms with E-state index in [0.717, 1.165) is 22.5 Å². The molecule has 9 nitrogen and oxygen atoms in total. The molecule has 34 heavy (non-hydrogen) atoms. The maximum Gasteiger partial charge on any atom is 0.287 e. The molecule has 0 radical (unpaired) electrons. The number of amides is 1. The predicted octanol–water partition coefficient (Wildman–Crippen LogP) is 5.17. The number of rotatable bonds is 5. The summed E-state index contributed by atoms with van der Waals surface area (Å²) in [6.45, 7) is 1.43. The van der Waals surface area contributed by atoms with Crippen molar-refractivity contribution in [3.63, 3.8) is 0 Å². The molecule has 0 unspecified atom stereocenters. The number of carbonyl (C=O) groups excluding carboxylic acids is 1. The summed E-state index contributed by atoms with van der Waals surface area (Å²) in [5, 5.41) is 18.6. The summed E-state index contributed by atoms with van der Waals surface area (Å²) in [4.78, 5) is 26.4. The monoisotopic (exact) mass is 454 g/mol. The molecule has 1 aliphatic rings. The Kier molecular flexibility index (Phi) is 5.35. The SMILES string of the molecule is CC(=O)N1N=C(c2ccc3ccccc3c2)O[C@@H]1c1ccc(Oc2ccc([N+](=O)[O-])cn2)cc1. The number of nitro groups is 1. The van der Waals surface area contributed by atoms with Crippen molar-refractivity contribution in [3.8, 4) is 11.6 Å². The van der Waals surface area contributed by atoms with Crippen LogP contribution in [-0.4, -0.2) is 26.7 Å². The maximum absolute atomic E-state index is 12.3. The molecule has 2 heterocycles. The Hall–Kier alpha value is -4.79. The van der Waals surface area contributed by atoms with Crippen LogP contribution in [0.3, 0.4) is 0 Å². The van der Waals surface area contributed by atoms with Crippen molar-refractivity contribution in [2.75, 3.05) is 0 Å². The van der Waals surface area contributed by atoms with Gasteiger partial charge in [0.25, 0.3) is 5.69 Å². The van der Waals surface area contributed by atoms with Crippen LogP contribution in [-0.2, 0) is 9.53 Å². The third kappa shape index (κ3) is 4.14. The van der Waals surface area contributed by atoms with Crippen LogP contribution in [0, 0.1) is 10.1 Å². The number of nitrogens with zero attached hydrogens (tertiary/aromatic N) is 4. The van der Waals surface area contributed by atoms with E-state index in [2.05, 4.69) is 10.1 Å². The van der Waals surface area contributed by atoms with Gasteiger partial charge in [-0.1, -0.05) is 30.3 Å². The molecular weight excluding hydrogens is 436 g/mol. The zero-order valence-corrected chi connectivity index (χ0v) is 18.0. The highest BCUT2D eigenvalue weighted by Crippen LogP contribution is 2.32. The molecule has 4 aromatic rings. The zero-order valence-electron chi connectivity index (χ0n) is 18.0. The van der Waals surface area contributed by atoms with E-state index < -0.39 is 11.2 Å². The van der Waals surface area contributed by atoms with Crippen LogP contribution in [0.5, 0.6) is 11.6 Å². The number of hydrazone groups is 1. The number of fused-ring (bicyclic) bond motifs is 1. The Labute approximate surface area is 194 Å². The van der Waals surface area contributed by atoms with Crippen molar-refractivity contribution in [1.82, 2.24) is 9.99 Å². The molecule has 0 spiro atoms. The summed E-state index contributed by atoms with van der Waals surface area (Å²) in [7, 11) is 0. The Morgan fingerprint density at radius 2 is 1.79 bits per heavy atom. The normalized spacial score (nSPS) is 15.0. The van der Waals surface area contributed by atoms with Gasteiger partial charge in [0.2, 0.25) is 23.9 Å². The average Bonchev–Trinajstić information content (AvgIpc) is 3.30. The largest absolute Gasteiger partial charge is 0.446 e. The molecule has 3 aromatic carbocycles. The molecule has 5 rings (SSSR count). The number of ether oxygens (including phenoxy) is 2. The molecule has 1 amide bonds. The minimum atomic E-state index is -0.717. The molecular formula is C25H18N4O5. The number of benzene rings is 3. The van der Waals surface area contributed by atoms with Crippen molar-refractivity contribution in [2.45, 2.75) is 13.2 Å². The van der Waals surface area contributed by atoms with Gasteiger partial charge in [-0.15, -0.1) is 5.10 Å². The van der Waals surface area contributed by atoms with E-state index in [1.54, 1.807) is 24.3 Å². The van der Waals surface area contributed by atoms with Gasteiger partial charge in [0.05, 0.1) is 4.92 Å². The fourth-order valence-corrected chi connectivity index (χ4v) is 3.58. The third-order valence-corrected chi connectivity index (χ3v) is 5.28. The highest BCUT2D eigenvalue weighted by molar-refractivity contribution is 6.00. The Balaban J connectivity index is 1.35. The van der Waals surface area contributed by atoms with Crippen molar-refractivity contribution < 1.29 is 19.2 Å². The first-order valence-electron chi connectivity index (χ1n) is 10.4. The molecule has 168 valence electrons. The lowest BCUT2D eigenvalue weighted by atomic mass is 10.1. The molecule has 0 N–H and O–H groups in total. The van der Waals surface area contributed by atoms with Crippen molar-refractivity contribution in [3.05, 3.63) is 106 Å².